The van der Waals surface area contributed by atoms with Gasteiger partial charge in [-0.15, -0.1) is 0 Å². The molecular weight excluding hydrogens is 590 g/mol. The van der Waals surface area contributed by atoms with E-state index in [4.69, 9.17) is 9.47 Å². The highest BCUT2D eigenvalue weighted by Crippen LogP contribution is 2.22. The first-order chi connectivity index (χ1) is 22.3. The molecule has 1 saturated heterocycles. The van der Waals surface area contributed by atoms with Crippen LogP contribution >= 0.6 is 0 Å². The minimum absolute atomic E-state index is 0.283. The lowest BCUT2D eigenvalue weighted by molar-refractivity contribution is -0.302. The number of aliphatic hydroxyl groups excluding tert-OH is 6. The largest absolute Gasteiger partial charge is 0.394 e. The van der Waals surface area contributed by atoms with Crippen LogP contribution in [0.4, 0.5) is 0 Å². The Morgan fingerprint density at radius 2 is 1.33 bits per heavy atom. The Hall–Kier alpha value is -1.89. The molecule has 0 aliphatic carbocycles. The number of carbonyl (C=O) groups excluding carboxylic acids is 1. The second-order valence-corrected chi connectivity index (χ2v) is 12.1. The summed E-state index contributed by atoms with van der Waals surface area (Å²) in [5, 5.41) is 63.9. The second-order valence-electron chi connectivity index (χ2n) is 12.1. The maximum absolute atomic E-state index is 12.9. The number of amides is 1. The molecule has 1 rings (SSSR count). The van der Waals surface area contributed by atoms with Gasteiger partial charge in [-0.3, -0.25) is 4.79 Å². The number of carbonyl (C=O) groups is 1. The molecule has 0 spiro atoms. The highest BCUT2D eigenvalue weighted by atomic mass is 16.7. The van der Waals surface area contributed by atoms with Crippen LogP contribution in [0.2, 0.25) is 0 Å². The predicted octanol–water partition coefficient (Wildman–Crippen LogP) is 4.13. The molecule has 266 valence electrons. The maximum atomic E-state index is 12.9. The third-order valence-corrected chi connectivity index (χ3v) is 7.94. The van der Waals surface area contributed by atoms with Crippen molar-refractivity contribution in [3.63, 3.8) is 0 Å². The summed E-state index contributed by atoms with van der Waals surface area (Å²) in [6, 6.07) is -1.00. The van der Waals surface area contributed by atoms with Crippen molar-refractivity contribution in [1.82, 2.24) is 5.32 Å². The fourth-order valence-electron chi connectivity index (χ4n) is 4.94. The summed E-state index contributed by atoms with van der Waals surface area (Å²) in [5.41, 5.74) is 0. The third kappa shape index (κ3) is 18.4. The average molecular weight is 654 g/mol. The van der Waals surface area contributed by atoms with Crippen LogP contribution in [0, 0.1) is 0 Å². The molecule has 1 aliphatic rings. The van der Waals surface area contributed by atoms with E-state index in [1.54, 1.807) is 12.2 Å². The highest BCUT2D eigenvalue weighted by Gasteiger charge is 2.44. The van der Waals surface area contributed by atoms with Gasteiger partial charge < -0.3 is 45.4 Å². The molecule has 0 saturated carbocycles. The highest BCUT2D eigenvalue weighted by molar-refractivity contribution is 5.80. The molecule has 0 aromatic carbocycles. The summed E-state index contributed by atoms with van der Waals surface area (Å²) in [6.45, 7) is 3.39. The average Bonchev–Trinajstić information content (AvgIpc) is 3.05. The van der Waals surface area contributed by atoms with Crippen LogP contribution < -0.4 is 5.32 Å². The Bertz CT molecular complexity index is 876. The monoisotopic (exact) mass is 653 g/mol. The van der Waals surface area contributed by atoms with Gasteiger partial charge in [0.05, 0.1) is 25.4 Å². The van der Waals surface area contributed by atoms with Gasteiger partial charge in [0.1, 0.15) is 30.5 Å². The van der Waals surface area contributed by atoms with Crippen LogP contribution in [0.25, 0.3) is 0 Å². The van der Waals surface area contributed by atoms with Crippen LogP contribution in [-0.2, 0) is 14.3 Å². The first kappa shape index (κ1) is 42.1. The number of ether oxygens (including phenoxy) is 2. The van der Waals surface area contributed by atoms with E-state index in [1.807, 2.05) is 0 Å². The van der Waals surface area contributed by atoms with Gasteiger partial charge in [0.25, 0.3) is 0 Å². The summed E-state index contributed by atoms with van der Waals surface area (Å²) in [4.78, 5) is 12.9. The van der Waals surface area contributed by atoms with Crippen molar-refractivity contribution in [2.24, 2.45) is 0 Å². The van der Waals surface area contributed by atoms with E-state index >= 15 is 0 Å². The number of hydrogen-bond donors (Lipinski definition) is 7. The standard InChI is InChI=1S/C36H63NO9/c1-3-5-7-9-11-13-15-17-18-20-22-24-29(39)28(27-45-36-34(43)33(42)32(41)31(26-38)46-36)37-35(44)30(40)25-23-21-19-16-14-12-10-8-6-4-2/h7,9-10,12,15,17,22,24,28-34,36,38-43H,3-6,8,11,13-14,16,18-21,23,25-27H2,1-2H3,(H,37,44)/b9-7+,12-10-,17-15+,24-22+. The summed E-state index contributed by atoms with van der Waals surface area (Å²) < 4.78 is 11.0. The van der Waals surface area contributed by atoms with Gasteiger partial charge in [-0.25, -0.2) is 0 Å². The lowest BCUT2D eigenvalue weighted by Crippen LogP contribution is -2.60. The van der Waals surface area contributed by atoms with E-state index in [2.05, 4.69) is 55.6 Å². The molecule has 0 bridgehead atoms. The molecule has 8 atom stereocenters. The van der Waals surface area contributed by atoms with Gasteiger partial charge in [-0.1, -0.05) is 101 Å². The zero-order valence-corrected chi connectivity index (χ0v) is 28.2. The first-order valence-corrected chi connectivity index (χ1v) is 17.5. The Balaban J connectivity index is 2.64. The number of nitrogens with one attached hydrogen (secondary N) is 1. The van der Waals surface area contributed by atoms with Crippen LogP contribution in [-0.4, -0.2) is 98.7 Å². The van der Waals surface area contributed by atoms with Gasteiger partial charge in [-0.2, -0.15) is 0 Å². The number of rotatable bonds is 26. The van der Waals surface area contributed by atoms with E-state index in [9.17, 15) is 35.4 Å². The number of allylic oxidation sites excluding steroid dienone is 7. The smallest absolute Gasteiger partial charge is 0.249 e. The van der Waals surface area contributed by atoms with Gasteiger partial charge in [-0.05, 0) is 57.8 Å². The third-order valence-electron chi connectivity index (χ3n) is 7.94. The van der Waals surface area contributed by atoms with Gasteiger partial charge in [0.15, 0.2) is 6.29 Å². The normalized spacial score (nSPS) is 24.4. The van der Waals surface area contributed by atoms with E-state index in [0.717, 1.165) is 64.2 Å². The number of hydrogen-bond acceptors (Lipinski definition) is 9. The molecule has 8 unspecified atom stereocenters. The van der Waals surface area contributed by atoms with Gasteiger partial charge in [0, 0.05) is 0 Å². The first-order valence-electron chi connectivity index (χ1n) is 17.5. The molecular formula is C36H63NO9. The summed E-state index contributed by atoms with van der Waals surface area (Å²) >= 11 is 0. The Labute approximate surface area is 276 Å². The summed E-state index contributed by atoms with van der Waals surface area (Å²) in [5.74, 6) is -0.648. The fourth-order valence-corrected chi connectivity index (χ4v) is 4.94. The lowest BCUT2D eigenvalue weighted by Gasteiger charge is -2.40. The Morgan fingerprint density at radius 3 is 1.96 bits per heavy atom. The van der Waals surface area contributed by atoms with Crippen LogP contribution in [0.1, 0.15) is 110 Å². The summed E-state index contributed by atoms with van der Waals surface area (Å²) in [6.07, 6.45) is 20.8. The molecule has 1 heterocycles. The SMILES string of the molecule is CCC/C=C/CC/C=C/CC/C=C/C(O)C(COC1OC(CO)C(O)C(O)C1O)NC(=O)C(O)CCCCCC/C=C\CCCC. The molecule has 1 amide bonds. The molecule has 10 heteroatoms. The summed E-state index contributed by atoms with van der Waals surface area (Å²) in [7, 11) is 0. The minimum Gasteiger partial charge on any atom is -0.394 e. The van der Waals surface area contributed by atoms with Crippen molar-refractivity contribution >= 4 is 5.91 Å². The van der Waals surface area contributed by atoms with Crippen molar-refractivity contribution in [3.05, 3.63) is 48.6 Å². The van der Waals surface area contributed by atoms with Crippen molar-refractivity contribution in [2.45, 2.75) is 159 Å². The van der Waals surface area contributed by atoms with Crippen LogP contribution in [0.3, 0.4) is 0 Å². The molecule has 10 nitrogen and oxygen atoms in total. The van der Waals surface area contributed by atoms with Crippen LogP contribution in [0.5, 0.6) is 0 Å². The number of aliphatic hydroxyl groups is 6. The topological polar surface area (TPSA) is 169 Å². The van der Waals surface area contributed by atoms with Gasteiger partial charge >= 0.3 is 0 Å². The van der Waals surface area contributed by atoms with Crippen LogP contribution in [0.15, 0.2) is 48.6 Å². The van der Waals surface area contributed by atoms with Crippen molar-refractivity contribution < 1.29 is 44.9 Å². The quantitative estimate of drug-likeness (QED) is 0.0536. The van der Waals surface area contributed by atoms with Crippen molar-refractivity contribution in [3.8, 4) is 0 Å². The predicted molar refractivity (Wildman–Crippen MR) is 181 cm³/mol. The molecule has 0 aromatic heterocycles. The fraction of sp³-hybridized carbons (Fsp3) is 0.750. The Morgan fingerprint density at radius 1 is 0.739 bits per heavy atom. The molecule has 7 N–H and O–H groups in total. The molecule has 1 fully saturated rings. The second kappa shape index (κ2) is 27.1. The zero-order chi connectivity index (χ0) is 34.0. The van der Waals surface area contributed by atoms with Crippen molar-refractivity contribution in [2.75, 3.05) is 13.2 Å². The molecule has 0 aromatic rings. The van der Waals surface area contributed by atoms with Gasteiger partial charge in [0.2, 0.25) is 5.91 Å². The number of unbranched alkanes of at least 4 members (excludes halogenated alkanes) is 9. The Kier molecular flexibility index (Phi) is 24.8. The van der Waals surface area contributed by atoms with E-state index in [0.29, 0.717) is 12.8 Å². The lowest BCUT2D eigenvalue weighted by atomic mass is 9.99. The van der Waals surface area contributed by atoms with E-state index in [1.165, 1.54) is 12.8 Å². The van der Waals surface area contributed by atoms with Crippen molar-refractivity contribution in [1.29, 1.82) is 0 Å². The van der Waals surface area contributed by atoms with E-state index in [-0.39, 0.29) is 13.0 Å². The maximum Gasteiger partial charge on any atom is 0.249 e. The molecule has 0 radical (unpaired) electrons. The molecule has 1 aliphatic heterocycles. The van der Waals surface area contributed by atoms with E-state index < -0.39 is 61.5 Å². The molecule has 46 heavy (non-hydrogen) atoms. The zero-order valence-electron chi connectivity index (χ0n) is 28.2. The minimum atomic E-state index is -1.62.